The van der Waals surface area contributed by atoms with Crippen molar-refractivity contribution in [2.24, 2.45) is 0 Å². The fourth-order valence-electron chi connectivity index (χ4n) is 1.60. The van der Waals surface area contributed by atoms with Crippen LogP contribution < -0.4 is 0 Å². The van der Waals surface area contributed by atoms with Crippen LogP contribution in [0, 0.1) is 0 Å². The van der Waals surface area contributed by atoms with Gasteiger partial charge in [-0.3, -0.25) is 4.79 Å². The summed E-state index contributed by atoms with van der Waals surface area (Å²) in [5.41, 5.74) is 0. The lowest BCUT2D eigenvalue weighted by atomic mass is 10.4. The van der Waals surface area contributed by atoms with E-state index in [0.29, 0.717) is 0 Å². The molecule has 1 fully saturated rings. The SMILES string of the molecule is O=C(O)C1CSCN1S(=O)(=O)c1ccc(Br)cc1. The summed E-state index contributed by atoms with van der Waals surface area (Å²) in [6, 6.07) is 5.17. The molecule has 1 atom stereocenters. The third kappa shape index (κ3) is 2.56. The zero-order valence-corrected chi connectivity index (χ0v) is 12.3. The first-order valence-electron chi connectivity index (χ1n) is 5.01. The number of aliphatic carboxylic acids is 1. The number of nitrogens with zero attached hydrogens (tertiary/aromatic N) is 1. The molecule has 1 unspecified atom stereocenters. The summed E-state index contributed by atoms with van der Waals surface area (Å²) in [4.78, 5) is 11.1. The van der Waals surface area contributed by atoms with Crippen molar-refractivity contribution in [3.8, 4) is 0 Å². The Hall–Kier alpha value is -0.570. The summed E-state index contributed by atoms with van der Waals surface area (Å²) in [5, 5.41) is 9.01. The molecule has 0 radical (unpaired) electrons. The molecular weight excluding hydrogens is 342 g/mol. The van der Waals surface area contributed by atoms with Crippen LogP contribution in [0.4, 0.5) is 0 Å². The van der Waals surface area contributed by atoms with Crippen LogP contribution in [-0.4, -0.2) is 41.5 Å². The van der Waals surface area contributed by atoms with Gasteiger partial charge in [-0.05, 0) is 24.3 Å². The molecule has 0 saturated carbocycles. The molecule has 0 bridgehead atoms. The molecule has 0 aromatic heterocycles. The van der Waals surface area contributed by atoms with Gasteiger partial charge in [0.1, 0.15) is 6.04 Å². The minimum absolute atomic E-state index is 0.111. The number of rotatable bonds is 3. The lowest BCUT2D eigenvalue weighted by Gasteiger charge is -2.19. The normalized spacial score (nSPS) is 21.1. The molecule has 98 valence electrons. The van der Waals surface area contributed by atoms with Gasteiger partial charge in [0.2, 0.25) is 10.0 Å². The highest BCUT2D eigenvalue weighted by molar-refractivity contribution is 9.10. The van der Waals surface area contributed by atoms with Crippen LogP contribution in [0.1, 0.15) is 0 Å². The summed E-state index contributed by atoms with van der Waals surface area (Å²) in [7, 11) is -3.74. The number of halogens is 1. The van der Waals surface area contributed by atoms with Crippen molar-refractivity contribution >= 4 is 43.7 Å². The van der Waals surface area contributed by atoms with Crippen LogP contribution in [0.2, 0.25) is 0 Å². The Labute approximate surface area is 117 Å². The van der Waals surface area contributed by atoms with Gasteiger partial charge < -0.3 is 5.11 Å². The summed E-state index contributed by atoms with van der Waals surface area (Å²) in [6.07, 6.45) is 0. The highest BCUT2D eigenvalue weighted by atomic mass is 79.9. The third-order valence-corrected chi connectivity index (χ3v) is 6.12. The lowest BCUT2D eigenvalue weighted by Crippen LogP contribution is -2.41. The fourth-order valence-corrected chi connectivity index (χ4v) is 5.00. The first-order chi connectivity index (χ1) is 8.43. The minimum atomic E-state index is -3.74. The Morgan fingerprint density at radius 2 is 2.00 bits per heavy atom. The van der Waals surface area contributed by atoms with Crippen LogP contribution in [0.3, 0.4) is 0 Å². The van der Waals surface area contributed by atoms with Crippen molar-refractivity contribution in [3.63, 3.8) is 0 Å². The molecule has 0 spiro atoms. The number of hydrogen-bond acceptors (Lipinski definition) is 4. The first-order valence-corrected chi connectivity index (χ1v) is 8.39. The van der Waals surface area contributed by atoms with E-state index in [1.807, 2.05) is 0 Å². The average molecular weight is 352 g/mol. The zero-order chi connectivity index (χ0) is 13.3. The van der Waals surface area contributed by atoms with Crippen LogP contribution in [-0.2, 0) is 14.8 Å². The molecular formula is C10H10BrNO4S2. The zero-order valence-electron chi connectivity index (χ0n) is 9.11. The molecule has 0 amide bonds. The second kappa shape index (κ2) is 5.20. The molecule has 8 heteroatoms. The van der Waals surface area contributed by atoms with E-state index in [-0.39, 0.29) is 16.5 Å². The second-order valence-corrected chi connectivity index (χ2v) is 7.51. The number of carboxylic acids is 1. The molecule has 1 aliphatic heterocycles. The standard InChI is InChI=1S/C10H10BrNO4S2/c11-7-1-3-8(4-2-7)18(15,16)12-6-17-5-9(12)10(13)14/h1-4,9H,5-6H2,(H,13,14). The molecule has 1 aromatic carbocycles. The van der Waals surface area contributed by atoms with E-state index in [1.54, 1.807) is 12.1 Å². The van der Waals surface area contributed by atoms with Gasteiger partial charge in [0, 0.05) is 10.2 Å². The average Bonchev–Trinajstić information content (AvgIpc) is 2.79. The number of sulfonamides is 1. The Morgan fingerprint density at radius 3 is 2.56 bits per heavy atom. The molecule has 1 aromatic rings. The molecule has 5 nitrogen and oxygen atoms in total. The van der Waals surface area contributed by atoms with E-state index in [2.05, 4.69) is 15.9 Å². The minimum Gasteiger partial charge on any atom is -0.480 e. The molecule has 1 heterocycles. The van der Waals surface area contributed by atoms with E-state index in [0.717, 1.165) is 8.78 Å². The summed E-state index contributed by atoms with van der Waals surface area (Å²) in [6.45, 7) is 0. The Kier molecular flexibility index (Phi) is 4.00. The fraction of sp³-hybridized carbons (Fsp3) is 0.300. The van der Waals surface area contributed by atoms with Crippen molar-refractivity contribution < 1.29 is 18.3 Å². The summed E-state index contributed by atoms with van der Waals surface area (Å²) >= 11 is 4.52. The lowest BCUT2D eigenvalue weighted by molar-refractivity contribution is -0.140. The van der Waals surface area contributed by atoms with Crippen LogP contribution >= 0.6 is 27.7 Å². The van der Waals surface area contributed by atoms with Crippen molar-refractivity contribution in [1.82, 2.24) is 4.31 Å². The van der Waals surface area contributed by atoms with E-state index in [9.17, 15) is 13.2 Å². The molecule has 2 rings (SSSR count). The van der Waals surface area contributed by atoms with Crippen LogP contribution in [0.15, 0.2) is 33.6 Å². The second-order valence-electron chi connectivity index (χ2n) is 3.70. The van der Waals surface area contributed by atoms with E-state index in [4.69, 9.17) is 5.11 Å². The van der Waals surface area contributed by atoms with Crippen molar-refractivity contribution in [3.05, 3.63) is 28.7 Å². The van der Waals surface area contributed by atoms with Crippen LogP contribution in [0.25, 0.3) is 0 Å². The molecule has 1 saturated heterocycles. The number of benzene rings is 1. The number of thioether (sulfide) groups is 1. The van der Waals surface area contributed by atoms with Gasteiger partial charge in [-0.15, -0.1) is 11.8 Å². The number of carbonyl (C=O) groups is 1. The number of hydrogen-bond donors (Lipinski definition) is 1. The topological polar surface area (TPSA) is 74.7 Å². The maximum Gasteiger partial charge on any atom is 0.322 e. The molecule has 1 N–H and O–H groups in total. The van der Waals surface area contributed by atoms with Gasteiger partial charge in [0.25, 0.3) is 0 Å². The largest absolute Gasteiger partial charge is 0.480 e. The highest BCUT2D eigenvalue weighted by Gasteiger charge is 2.39. The van der Waals surface area contributed by atoms with E-state index in [1.165, 1.54) is 23.9 Å². The van der Waals surface area contributed by atoms with Gasteiger partial charge in [0.05, 0.1) is 10.8 Å². The van der Waals surface area contributed by atoms with Crippen molar-refractivity contribution in [1.29, 1.82) is 0 Å². The summed E-state index contributed by atoms with van der Waals surface area (Å²) < 4.78 is 26.4. The molecule has 18 heavy (non-hydrogen) atoms. The van der Waals surface area contributed by atoms with Gasteiger partial charge in [-0.1, -0.05) is 15.9 Å². The van der Waals surface area contributed by atoms with Gasteiger partial charge >= 0.3 is 5.97 Å². The molecule has 0 aliphatic carbocycles. The Bertz CT molecular complexity index is 558. The number of carboxylic acid groups (broad SMARTS) is 1. The monoisotopic (exact) mass is 351 g/mol. The van der Waals surface area contributed by atoms with Gasteiger partial charge in [-0.25, -0.2) is 8.42 Å². The predicted molar refractivity (Wildman–Crippen MR) is 71.9 cm³/mol. The molecule has 1 aliphatic rings. The van der Waals surface area contributed by atoms with E-state index < -0.39 is 22.0 Å². The van der Waals surface area contributed by atoms with Crippen molar-refractivity contribution in [2.75, 3.05) is 11.6 Å². The quantitative estimate of drug-likeness (QED) is 0.894. The Morgan fingerprint density at radius 1 is 1.39 bits per heavy atom. The Balaban J connectivity index is 2.36. The van der Waals surface area contributed by atoms with E-state index >= 15 is 0 Å². The van der Waals surface area contributed by atoms with Crippen LogP contribution in [0.5, 0.6) is 0 Å². The van der Waals surface area contributed by atoms with Crippen molar-refractivity contribution in [2.45, 2.75) is 10.9 Å². The highest BCUT2D eigenvalue weighted by Crippen LogP contribution is 2.28. The smallest absolute Gasteiger partial charge is 0.322 e. The van der Waals surface area contributed by atoms with Gasteiger partial charge in [0.15, 0.2) is 0 Å². The maximum atomic E-state index is 12.3. The third-order valence-electron chi connectivity index (χ3n) is 2.55. The van der Waals surface area contributed by atoms with Gasteiger partial charge in [-0.2, -0.15) is 4.31 Å². The summed E-state index contributed by atoms with van der Waals surface area (Å²) in [5.74, 6) is -0.652. The predicted octanol–water partition coefficient (Wildman–Crippen LogP) is 1.60. The maximum absolute atomic E-state index is 12.3. The first kappa shape index (κ1) is 13.9.